The number of aryl methyl sites for hydroxylation is 1. The second-order valence-corrected chi connectivity index (χ2v) is 9.41. The van der Waals surface area contributed by atoms with Crippen LogP contribution < -0.4 is 10.2 Å². The van der Waals surface area contributed by atoms with Crippen LogP contribution in [0.5, 0.6) is 0 Å². The molecule has 0 aromatic heterocycles. The third-order valence-corrected chi connectivity index (χ3v) is 6.74. The van der Waals surface area contributed by atoms with E-state index >= 15 is 0 Å². The van der Waals surface area contributed by atoms with Crippen molar-refractivity contribution in [3.05, 3.63) is 138 Å². The molecule has 4 aromatic carbocycles. The summed E-state index contributed by atoms with van der Waals surface area (Å²) in [5.74, 6) is 0. The molecule has 0 saturated carbocycles. The normalized spacial score (nSPS) is 11.6. The van der Waals surface area contributed by atoms with E-state index in [1.54, 1.807) is 12.1 Å². The van der Waals surface area contributed by atoms with E-state index in [0.29, 0.717) is 0 Å². The quantitative estimate of drug-likeness (QED) is 0.296. The Bertz CT molecular complexity index is 1250. The molecule has 0 aliphatic heterocycles. The van der Waals surface area contributed by atoms with Gasteiger partial charge in [0.05, 0.1) is 4.90 Å². The summed E-state index contributed by atoms with van der Waals surface area (Å²) in [6, 6.07) is 33.5. The number of sulfonamides is 1. The lowest BCUT2D eigenvalue weighted by molar-refractivity contribution is -0.0391. The average molecular weight is 473 g/mol. The number of hydrogen-bond acceptors (Lipinski definition) is 4. The van der Waals surface area contributed by atoms with E-state index in [4.69, 9.17) is 4.84 Å². The first-order valence-corrected chi connectivity index (χ1v) is 12.1. The summed E-state index contributed by atoms with van der Waals surface area (Å²) in [4.78, 5) is 18.8. The maximum Gasteiger partial charge on any atom is 0.352 e. The van der Waals surface area contributed by atoms with Crippen molar-refractivity contribution in [1.82, 2.24) is 10.2 Å². The Morgan fingerprint density at radius 2 is 1.09 bits per heavy atom. The third kappa shape index (κ3) is 4.85. The monoisotopic (exact) mass is 472 g/mol. The van der Waals surface area contributed by atoms with Gasteiger partial charge in [-0.25, -0.2) is 23.4 Å². The Hall–Kier alpha value is -3.94. The van der Waals surface area contributed by atoms with Gasteiger partial charge in [-0.15, -0.1) is 0 Å². The van der Waals surface area contributed by atoms with Gasteiger partial charge in [0.25, 0.3) is 10.0 Å². The van der Waals surface area contributed by atoms with Crippen LogP contribution in [0.1, 0.15) is 22.3 Å². The van der Waals surface area contributed by atoms with E-state index in [0.717, 1.165) is 22.3 Å². The van der Waals surface area contributed by atoms with E-state index < -0.39 is 21.7 Å². The van der Waals surface area contributed by atoms with Crippen molar-refractivity contribution < 1.29 is 18.0 Å². The molecule has 7 heteroatoms. The second-order valence-electron chi connectivity index (χ2n) is 7.73. The molecule has 6 nitrogen and oxygen atoms in total. The molecule has 0 aliphatic carbocycles. The zero-order chi connectivity index (χ0) is 24.0. The van der Waals surface area contributed by atoms with Gasteiger partial charge in [-0.05, 0) is 35.7 Å². The lowest BCUT2D eigenvalue weighted by Crippen LogP contribution is -2.45. The van der Waals surface area contributed by atoms with Crippen LogP contribution in [0, 0.1) is 6.92 Å². The molecule has 0 saturated heterocycles. The molecule has 34 heavy (non-hydrogen) atoms. The van der Waals surface area contributed by atoms with Crippen molar-refractivity contribution in [1.29, 1.82) is 0 Å². The minimum Gasteiger partial charge on any atom is -0.251 e. The van der Waals surface area contributed by atoms with Crippen molar-refractivity contribution in [2.24, 2.45) is 0 Å². The highest BCUT2D eigenvalue weighted by atomic mass is 32.2. The largest absolute Gasteiger partial charge is 0.352 e. The number of carbonyl (C=O) groups excluding carboxylic acids is 1. The van der Waals surface area contributed by atoms with Gasteiger partial charge in [-0.2, -0.15) is 0 Å². The van der Waals surface area contributed by atoms with Crippen LogP contribution in [0.15, 0.2) is 120 Å². The minimum atomic E-state index is -4.08. The molecule has 2 amide bonds. The van der Waals surface area contributed by atoms with Gasteiger partial charge < -0.3 is 0 Å². The zero-order valence-electron chi connectivity index (χ0n) is 18.5. The van der Waals surface area contributed by atoms with E-state index in [1.807, 2.05) is 103 Å². The van der Waals surface area contributed by atoms with Gasteiger partial charge in [-0.1, -0.05) is 109 Å². The number of hydrogen-bond donors (Lipinski definition) is 2. The summed E-state index contributed by atoms with van der Waals surface area (Å²) >= 11 is 0. The predicted octanol–water partition coefficient (Wildman–Crippen LogP) is 4.91. The van der Waals surface area contributed by atoms with E-state index in [9.17, 15) is 13.2 Å². The first-order valence-electron chi connectivity index (χ1n) is 10.7. The Morgan fingerprint density at radius 1 is 0.676 bits per heavy atom. The van der Waals surface area contributed by atoms with Crippen molar-refractivity contribution in [3.8, 4) is 0 Å². The van der Waals surface area contributed by atoms with Gasteiger partial charge in [-0.3, -0.25) is 4.84 Å². The summed E-state index contributed by atoms with van der Waals surface area (Å²) < 4.78 is 27.3. The Kier molecular flexibility index (Phi) is 6.77. The second kappa shape index (κ2) is 9.91. The molecule has 2 N–H and O–H groups in total. The molecule has 0 atom stereocenters. The fourth-order valence-electron chi connectivity index (χ4n) is 3.74. The van der Waals surface area contributed by atoms with Crippen molar-refractivity contribution in [3.63, 3.8) is 0 Å². The van der Waals surface area contributed by atoms with Gasteiger partial charge in [0.1, 0.15) is 0 Å². The first kappa shape index (κ1) is 23.2. The summed E-state index contributed by atoms with van der Waals surface area (Å²) in [7, 11) is -4.08. The molecule has 0 bridgehead atoms. The maximum atomic E-state index is 12.7. The van der Waals surface area contributed by atoms with Crippen LogP contribution in [-0.2, 0) is 20.5 Å². The van der Waals surface area contributed by atoms with Gasteiger partial charge in [0.2, 0.25) is 0 Å². The van der Waals surface area contributed by atoms with Crippen LogP contribution in [-0.4, -0.2) is 14.4 Å². The minimum absolute atomic E-state index is 0.0197. The lowest BCUT2D eigenvalue weighted by atomic mass is 9.80. The zero-order valence-corrected chi connectivity index (χ0v) is 19.3. The standard InChI is InChI=1S/C27H24N2O4S/c1-21-17-19-25(20-18-21)34(31,32)29-26(30)28-33-27(22-11-5-2-6-12-22,23-13-7-3-8-14-23)24-15-9-4-10-16-24/h2-20H,1H3,(H2,28,29,30). The van der Waals surface area contributed by atoms with Gasteiger partial charge in [0.15, 0.2) is 5.60 Å². The number of amides is 2. The van der Waals surface area contributed by atoms with E-state index in [2.05, 4.69) is 5.48 Å². The van der Waals surface area contributed by atoms with Crippen LogP contribution in [0.2, 0.25) is 0 Å². The number of urea groups is 1. The SMILES string of the molecule is Cc1ccc(S(=O)(=O)NC(=O)NOC(c2ccccc2)(c2ccccc2)c2ccccc2)cc1. The third-order valence-electron chi connectivity index (χ3n) is 5.40. The molecular formula is C27H24N2O4S. The predicted molar refractivity (Wildman–Crippen MR) is 130 cm³/mol. The summed E-state index contributed by atoms with van der Waals surface area (Å²) in [5, 5.41) is 0. The van der Waals surface area contributed by atoms with Gasteiger partial charge >= 0.3 is 6.03 Å². The summed E-state index contributed by atoms with van der Waals surface area (Å²) in [6.45, 7) is 1.85. The summed E-state index contributed by atoms with van der Waals surface area (Å²) in [5.41, 5.74) is 4.28. The Balaban J connectivity index is 1.69. The molecule has 4 aromatic rings. The van der Waals surface area contributed by atoms with Crippen LogP contribution >= 0.6 is 0 Å². The van der Waals surface area contributed by atoms with Crippen LogP contribution in [0.25, 0.3) is 0 Å². The molecule has 0 fully saturated rings. The summed E-state index contributed by atoms with van der Waals surface area (Å²) in [6.07, 6.45) is 0. The highest BCUT2D eigenvalue weighted by Crippen LogP contribution is 2.39. The smallest absolute Gasteiger partial charge is 0.251 e. The topological polar surface area (TPSA) is 84.5 Å². The molecule has 172 valence electrons. The molecule has 4 rings (SSSR count). The van der Waals surface area contributed by atoms with Crippen molar-refractivity contribution in [2.45, 2.75) is 17.4 Å². The number of nitrogens with one attached hydrogen (secondary N) is 2. The number of hydroxylamine groups is 1. The lowest BCUT2D eigenvalue weighted by Gasteiger charge is -2.34. The van der Waals surface area contributed by atoms with Gasteiger partial charge in [0, 0.05) is 0 Å². The van der Waals surface area contributed by atoms with Crippen LogP contribution in [0.4, 0.5) is 4.79 Å². The molecule has 0 spiro atoms. The van der Waals surface area contributed by atoms with Crippen molar-refractivity contribution >= 4 is 16.1 Å². The highest BCUT2D eigenvalue weighted by Gasteiger charge is 2.39. The Labute approximate surface area is 199 Å². The molecule has 0 aliphatic rings. The fraction of sp³-hybridized carbons (Fsp3) is 0.0741. The number of rotatable bonds is 7. The average Bonchev–Trinajstić information content (AvgIpc) is 2.86. The van der Waals surface area contributed by atoms with E-state index in [-0.39, 0.29) is 4.90 Å². The molecule has 0 unspecified atom stereocenters. The molecule has 0 heterocycles. The van der Waals surface area contributed by atoms with Crippen LogP contribution in [0.3, 0.4) is 0 Å². The van der Waals surface area contributed by atoms with Crippen molar-refractivity contribution in [2.75, 3.05) is 0 Å². The Morgan fingerprint density at radius 3 is 1.50 bits per heavy atom. The maximum absolute atomic E-state index is 12.7. The highest BCUT2D eigenvalue weighted by molar-refractivity contribution is 7.90. The first-order chi connectivity index (χ1) is 16.4. The number of carbonyl (C=O) groups is 1. The molecule has 0 radical (unpaired) electrons. The fourth-order valence-corrected chi connectivity index (χ4v) is 4.64. The number of benzene rings is 4. The van der Waals surface area contributed by atoms with E-state index in [1.165, 1.54) is 12.1 Å². The molecular weight excluding hydrogens is 448 g/mol.